The third-order valence-corrected chi connectivity index (χ3v) is 5.55. The molecule has 0 atom stereocenters. The summed E-state index contributed by atoms with van der Waals surface area (Å²) in [6, 6.07) is 27.7. The van der Waals surface area contributed by atoms with Gasteiger partial charge in [-0.05, 0) is 19.1 Å². The van der Waals surface area contributed by atoms with Crippen LogP contribution in [0.2, 0.25) is 0 Å². The largest absolute Gasteiger partial charge is 0.282 e. The standard InChI is InChI=1S/C22H16N2S/c1-15-11-13-16(14-12-15)20-21(17-7-3-2-4-8-17)24-18-9-5-6-10-19(18)25-22(24)23-20/h2-14H,1H3. The fourth-order valence-corrected chi connectivity index (χ4v) is 4.32. The van der Waals surface area contributed by atoms with E-state index in [1.54, 1.807) is 11.3 Å². The van der Waals surface area contributed by atoms with Gasteiger partial charge in [-0.3, -0.25) is 4.40 Å². The molecule has 0 aliphatic rings. The van der Waals surface area contributed by atoms with Gasteiger partial charge in [0, 0.05) is 11.1 Å². The van der Waals surface area contributed by atoms with Crippen molar-refractivity contribution in [1.82, 2.24) is 9.38 Å². The van der Waals surface area contributed by atoms with Crippen LogP contribution in [-0.4, -0.2) is 9.38 Å². The van der Waals surface area contributed by atoms with Gasteiger partial charge in [-0.15, -0.1) is 0 Å². The summed E-state index contributed by atoms with van der Waals surface area (Å²) in [5.41, 5.74) is 7.03. The van der Waals surface area contributed by atoms with Gasteiger partial charge in [-0.25, -0.2) is 4.98 Å². The second kappa shape index (κ2) is 5.57. The molecule has 0 aliphatic heterocycles. The highest BCUT2D eigenvalue weighted by Crippen LogP contribution is 2.38. The molecule has 3 aromatic carbocycles. The monoisotopic (exact) mass is 340 g/mol. The predicted molar refractivity (Wildman–Crippen MR) is 106 cm³/mol. The summed E-state index contributed by atoms with van der Waals surface area (Å²) in [5.74, 6) is 0. The highest BCUT2D eigenvalue weighted by molar-refractivity contribution is 7.23. The molecule has 2 nitrogen and oxygen atoms in total. The lowest BCUT2D eigenvalue weighted by Gasteiger charge is -2.06. The first kappa shape index (κ1) is 14.4. The quantitative estimate of drug-likeness (QED) is 0.374. The predicted octanol–water partition coefficient (Wildman–Crippen LogP) is 6.19. The third kappa shape index (κ3) is 2.28. The Hall–Kier alpha value is -2.91. The van der Waals surface area contributed by atoms with Gasteiger partial charge in [-0.2, -0.15) is 0 Å². The Morgan fingerprint density at radius 3 is 2.28 bits per heavy atom. The van der Waals surface area contributed by atoms with Crippen molar-refractivity contribution >= 4 is 26.5 Å². The summed E-state index contributed by atoms with van der Waals surface area (Å²) in [6.07, 6.45) is 0. The second-order valence-electron chi connectivity index (χ2n) is 6.23. The first-order chi connectivity index (χ1) is 12.3. The summed E-state index contributed by atoms with van der Waals surface area (Å²) in [7, 11) is 0. The van der Waals surface area contributed by atoms with E-state index in [2.05, 4.69) is 90.2 Å². The summed E-state index contributed by atoms with van der Waals surface area (Å²) in [4.78, 5) is 6.05. The molecular formula is C22H16N2S. The van der Waals surface area contributed by atoms with E-state index < -0.39 is 0 Å². The molecule has 2 heterocycles. The van der Waals surface area contributed by atoms with Crippen molar-refractivity contribution in [3.05, 3.63) is 84.4 Å². The number of imidazole rings is 1. The zero-order chi connectivity index (χ0) is 16.8. The van der Waals surface area contributed by atoms with E-state index >= 15 is 0 Å². The Bertz CT molecular complexity index is 1180. The molecule has 25 heavy (non-hydrogen) atoms. The Kier molecular flexibility index (Phi) is 3.22. The maximum Gasteiger partial charge on any atom is 0.195 e. The molecule has 120 valence electrons. The molecule has 0 saturated heterocycles. The number of aromatic nitrogens is 2. The molecular weight excluding hydrogens is 324 g/mol. The minimum atomic E-state index is 1.04. The van der Waals surface area contributed by atoms with Crippen molar-refractivity contribution < 1.29 is 0 Å². The van der Waals surface area contributed by atoms with Gasteiger partial charge in [0.15, 0.2) is 4.96 Å². The number of rotatable bonds is 2. The van der Waals surface area contributed by atoms with Crippen LogP contribution in [0.25, 0.3) is 37.7 Å². The lowest BCUT2D eigenvalue weighted by Crippen LogP contribution is -1.89. The zero-order valence-electron chi connectivity index (χ0n) is 13.8. The molecule has 0 saturated carbocycles. The minimum absolute atomic E-state index is 1.04. The molecule has 0 N–H and O–H groups in total. The van der Waals surface area contributed by atoms with E-state index in [1.165, 1.54) is 21.3 Å². The van der Waals surface area contributed by atoms with Gasteiger partial charge in [0.25, 0.3) is 0 Å². The Morgan fingerprint density at radius 1 is 0.760 bits per heavy atom. The van der Waals surface area contributed by atoms with Crippen molar-refractivity contribution in [2.75, 3.05) is 0 Å². The number of para-hydroxylation sites is 1. The SMILES string of the molecule is Cc1ccc(-c2nc3sc4ccccc4n3c2-c2ccccc2)cc1. The third-order valence-electron chi connectivity index (χ3n) is 4.53. The van der Waals surface area contributed by atoms with Crippen LogP contribution in [0.5, 0.6) is 0 Å². The lowest BCUT2D eigenvalue weighted by molar-refractivity contribution is 1.30. The smallest absolute Gasteiger partial charge is 0.195 e. The topological polar surface area (TPSA) is 17.3 Å². The summed E-state index contributed by atoms with van der Waals surface area (Å²) in [6.45, 7) is 2.11. The van der Waals surface area contributed by atoms with Crippen LogP contribution in [0, 0.1) is 6.92 Å². The molecule has 3 heteroatoms. The summed E-state index contributed by atoms with van der Waals surface area (Å²) in [5, 5.41) is 0. The normalized spacial score (nSPS) is 11.4. The van der Waals surface area contributed by atoms with Gasteiger partial charge in [0.1, 0.15) is 0 Å². The number of aryl methyl sites for hydroxylation is 1. The Balaban J connectivity index is 1.90. The van der Waals surface area contributed by atoms with Crippen molar-refractivity contribution in [1.29, 1.82) is 0 Å². The van der Waals surface area contributed by atoms with Gasteiger partial charge in [-0.1, -0.05) is 83.6 Å². The van der Waals surface area contributed by atoms with Crippen LogP contribution in [0.3, 0.4) is 0 Å². The highest BCUT2D eigenvalue weighted by atomic mass is 32.1. The zero-order valence-corrected chi connectivity index (χ0v) is 14.6. The van der Waals surface area contributed by atoms with Crippen LogP contribution in [0.15, 0.2) is 78.9 Å². The van der Waals surface area contributed by atoms with E-state index in [0.29, 0.717) is 0 Å². The van der Waals surface area contributed by atoms with E-state index in [-0.39, 0.29) is 0 Å². The van der Waals surface area contributed by atoms with Crippen molar-refractivity contribution in [2.24, 2.45) is 0 Å². The van der Waals surface area contributed by atoms with Gasteiger partial charge in [0.2, 0.25) is 0 Å². The van der Waals surface area contributed by atoms with E-state index in [9.17, 15) is 0 Å². The van der Waals surface area contributed by atoms with Crippen LogP contribution < -0.4 is 0 Å². The number of benzene rings is 3. The van der Waals surface area contributed by atoms with E-state index in [1.807, 2.05) is 0 Å². The number of hydrogen-bond acceptors (Lipinski definition) is 2. The van der Waals surface area contributed by atoms with Gasteiger partial charge >= 0.3 is 0 Å². The summed E-state index contributed by atoms with van der Waals surface area (Å²) >= 11 is 1.74. The maximum atomic E-state index is 5.01. The number of hydrogen-bond donors (Lipinski definition) is 0. The summed E-state index contributed by atoms with van der Waals surface area (Å²) < 4.78 is 3.56. The number of thiazole rings is 1. The number of fused-ring (bicyclic) bond motifs is 3. The van der Waals surface area contributed by atoms with Crippen molar-refractivity contribution in [2.45, 2.75) is 6.92 Å². The van der Waals surface area contributed by atoms with Gasteiger partial charge in [0.05, 0.1) is 21.6 Å². The second-order valence-corrected chi connectivity index (χ2v) is 7.24. The molecule has 5 rings (SSSR count). The first-order valence-corrected chi connectivity index (χ1v) is 9.15. The van der Waals surface area contributed by atoms with Crippen LogP contribution >= 0.6 is 11.3 Å². The van der Waals surface area contributed by atoms with Crippen molar-refractivity contribution in [3.63, 3.8) is 0 Å². The lowest BCUT2D eigenvalue weighted by atomic mass is 10.0. The van der Waals surface area contributed by atoms with Crippen LogP contribution in [0.1, 0.15) is 5.56 Å². The van der Waals surface area contributed by atoms with E-state index in [0.717, 1.165) is 21.9 Å². The highest BCUT2D eigenvalue weighted by Gasteiger charge is 2.19. The fraction of sp³-hybridized carbons (Fsp3) is 0.0455. The van der Waals surface area contributed by atoms with Crippen LogP contribution in [-0.2, 0) is 0 Å². The molecule has 2 aromatic heterocycles. The Labute approximate surface area is 150 Å². The molecule has 0 spiro atoms. The molecule has 5 aromatic rings. The molecule has 0 aliphatic carbocycles. The molecule has 0 bridgehead atoms. The average Bonchev–Trinajstić information content (AvgIpc) is 3.19. The minimum Gasteiger partial charge on any atom is -0.282 e. The molecule has 0 fully saturated rings. The molecule has 0 radical (unpaired) electrons. The molecule has 0 amide bonds. The van der Waals surface area contributed by atoms with Gasteiger partial charge < -0.3 is 0 Å². The maximum absolute atomic E-state index is 5.01. The van der Waals surface area contributed by atoms with E-state index in [4.69, 9.17) is 4.98 Å². The Morgan fingerprint density at radius 2 is 1.48 bits per heavy atom. The average molecular weight is 340 g/mol. The van der Waals surface area contributed by atoms with Crippen LogP contribution in [0.4, 0.5) is 0 Å². The molecule has 0 unspecified atom stereocenters. The number of nitrogens with zero attached hydrogens (tertiary/aromatic N) is 2. The first-order valence-electron chi connectivity index (χ1n) is 8.34. The fourth-order valence-electron chi connectivity index (χ4n) is 3.29. The van der Waals surface area contributed by atoms with Crippen molar-refractivity contribution in [3.8, 4) is 22.5 Å².